The Hall–Kier alpha value is -2.35. The lowest BCUT2D eigenvalue weighted by Gasteiger charge is -2.59. The number of rotatable bonds is 2. The molecule has 0 aliphatic carbocycles. The predicted octanol–water partition coefficient (Wildman–Crippen LogP) is 1.31. The van der Waals surface area contributed by atoms with Crippen LogP contribution in [0.25, 0.3) is 0 Å². The van der Waals surface area contributed by atoms with Gasteiger partial charge in [-0.2, -0.15) is 0 Å². The Balaban J connectivity index is 2.02. The first-order valence-electron chi connectivity index (χ1n) is 7.65. The van der Waals surface area contributed by atoms with Gasteiger partial charge in [-0.15, -0.1) is 0 Å². The van der Waals surface area contributed by atoms with Gasteiger partial charge in [0.1, 0.15) is 12.2 Å². The Morgan fingerprint density at radius 2 is 1.88 bits per heavy atom. The van der Waals surface area contributed by atoms with Crippen molar-refractivity contribution in [2.24, 2.45) is 0 Å². The number of fused-ring (bicyclic) bond motifs is 1. The molecule has 0 saturated carbocycles. The molecule has 3 rings (SSSR count). The van der Waals surface area contributed by atoms with Crippen molar-refractivity contribution in [1.29, 1.82) is 0 Å². The van der Waals surface area contributed by atoms with Crippen molar-refractivity contribution in [2.45, 2.75) is 38.4 Å². The molecule has 0 unspecified atom stereocenters. The van der Waals surface area contributed by atoms with Crippen molar-refractivity contribution in [3.05, 3.63) is 29.8 Å². The lowest BCUT2D eigenvalue weighted by Crippen LogP contribution is -2.79. The average Bonchev–Trinajstić information content (AvgIpc) is 2.47. The van der Waals surface area contributed by atoms with E-state index in [-0.39, 0.29) is 23.6 Å². The summed E-state index contributed by atoms with van der Waals surface area (Å²) < 4.78 is 0. The number of thiocarbonyl (C=S) groups is 1. The molecule has 7 nitrogen and oxygen atoms in total. The van der Waals surface area contributed by atoms with Gasteiger partial charge in [-0.05, 0) is 57.3 Å². The summed E-state index contributed by atoms with van der Waals surface area (Å²) in [5.74, 6) is -1.15. The topological polar surface area (TPSA) is 84.9 Å². The molecule has 2 aliphatic heterocycles. The molecular formula is C16H20N4O3S. The van der Waals surface area contributed by atoms with Crippen molar-refractivity contribution in [3.63, 3.8) is 0 Å². The van der Waals surface area contributed by atoms with E-state index in [9.17, 15) is 9.59 Å². The lowest BCUT2D eigenvalue weighted by molar-refractivity contribution is -0.127. The van der Waals surface area contributed by atoms with Gasteiger partial charge in [0, 0.05) is 12.0 Å². The highest BCUT2D eigenvalue weighted by Gasteiger charge is 2.51. The van der Waals surface area contributed by atoms with Crippen LogP contribution in [-0.4, -0.2) is 44.7 Å². The van der Waals surface area contributed by atoms with Crippen LogP contribution in [0.1, 0.15) is 37.6 Å². The molecule has 1 aromatic carbocycles. The minimum atomic E-state index is -0.985. The molecule has 0 spiro atoms. The number of carbonyl (C=O) groups excluding carboxylic acids is 1. The summed E-state index contributed by atoms with van der Waals surface area (Å²) in [7, 11) is 0. The van der Waals surface area contributed by atoms with Crippen LogP contribution >= 0.6 is 12.2 Å². The molecule has 2 saturated heterocycles. The van der Waals surface area contributed by atoms with Crippen molar-refractivity contribution in [1.82, 2.24) is 15.6 Å². The van der Waals surface area contributed by atoms with Gasteiger partial charge in [-0.3, -0.25) is 15.2 Å². The normalized spacial score (nSPS) is 25.6. The van der Waals surface area contributed by atoms with Crippen LogP contribution in [0.4, 0.5) is 5.69 Å². The highest BCUT2D eigenvalue weighted by Crippen LogP contribution is 2.37. The highest BCUT2D eigenvalue weighted by molar-refractivity contribution is 7.80. The van der Waals surface area contributed by atoms with E-state index < -0.39 is 11.6 Å². The maximum absolute atomic E-state index is 12.2. The molecule has 1 amide bonds. The van der Waals surface area contributed by atoms with Crippen LogP contribution in [0.15, 0.2) is 24.3 Å². The summed E-state index contributed by atoms with van der Waals surface area (Å²) in [4.78, 5) is 25.1. The van der Waals surface area contributed by atoms with Crippen LogP contribution in [0.3, 0.4) is 0 Å². The molecule has 128 valence electrons. The Bertz CT molecular complexity index is 719. The summed E-state index contributed by atoms with van der Waals surface area (Å²) in [6.07, 6.45) is 0.709. The van der Waals surface area contributed by atoms with E-state index in [1.165, 1.54) is 12.1 Å². The SMILES string of the molecule is CC1(C)C[C@@]2(C)N(CC(=O)NN2c2ccc(C(=O)O)cc2)C(=S)N1. The molecule has 0 radical (unpaired) electrons. The Morgan fingerprint density at radius 3 is 2.46 bits per heavy atom. The lowest BCUT2D eigenvalue weighted by atomic mass is 9.86. The first-order chi connectivity index (χ1) is 11.1. The third kappa shape index (κ3) is 2.66. The van der Waals surface area contributed by atoms with E-state index in [0.717, 1.165) is 0 Å². The van der Waals surface area contributed by atoms with Crippen molar-refractivity contribution in [3.8, 4) is 0 Å². The van der Waals surface area contributed by atoms with E-state index in [1.807, 2.05) is 11.8 Å². The molecule has 3 N–H and O–H groups in total. The Labute approximate surface area is 145 Å². The van der Waals surface area contributed by atoms with Crippen LogP contribution in [0.2, 0.25) is 0 Å². The third-order valence-electron chi connectivity index (χ3n) is 4.44. The van der Waals surface area contributed by atoms with Gasteiger partial charge < -0.3 is 15.3 Å². The number of amides is 1. The van der Waals surface area contributed by atoms with Crippen molar-refractivity contribution < 1.29 is 14.7 Å². The molecule has 2 fully saturated rings. The predicted molar refractivity (Wildman–Crippen MR) is 93.6 cm³/mol. The fourth-order valence-electron chi connectivity index (χ4n) is 3.51. The zero-order valence-corrected chi connectivity index (χ0v) is 14.6. The summed E-state index contributed by atoms with van der Waals surface area (Å²) in [6.45, 7) is 6.32. The highest BCUT2D eigenvalue weighted by atomic mass is 32.1. The summed E-state index contributed by atoms with van der Waals surface area (Å²) in [6, 6.07) is 6.43. The van der Waals surface area contributed by atoms with Crippen LogP contribution in [-0.2, 0) is 4.79 Å². The number of carbonyl (C=O) groups is 2. The third-order valence-corrected chi connectivity index (χ3v) is 4.76. The van der Waals surface area contributed by atoms with E-state index in [4.69, 9.17) is 17.3 Å². The van der Waals surface area contributed by atoms with Gasteiger partial charge in [0.15, 0.2) is 5.11 Å². The maximum Gasteiger partial charge on any atom is 0.335 e. The molecule has 2 heterocycles. The van der Waals surface area contributed by atoms with Gasteiger partial charge in [0.2, 0.25) is 0 Å². The fourth-order valence-corrected chi connectivity index (χ4v) is 4.05. The average molecular weight is 348 g/mol. The Kier molecular flexibility index (Phi) is 3.67. The zero-order valence-electron chi connectivity index (χ0n) is 13.8. The van der Waals surface area contributed by atoms with E-state index in [2.05, 4.69) is 24.6 Å². The number of aromatic carboxylic acids is 1. The Morgan fingerprint density at radius 1 is 1.25 bits per heavy atom. The van der Waals surface area contributed by atoms with Gasteiger partial charge in [0.25, 0.3) is 5.91 Å². The number of hydrazine groups is 1. The van der Waals surface area contributed by atoms with Gasteiger partial charge >= 0.3 is 5.97 Å². The number of benzene rings is 1. The number of carboxylic acids is 1. The van der Waals surface area contributed by atoms with E-state index in [1.54, 1.807) is 17.1 Å². The van der Waals surface area contributed by atoms with Crippen molar-refractivity contribution in [2.75, 3.05) is 11.6 Å². The number of anilines is 1. The molecule has 2 aliphatic rings. The second kappa shape index (κ2) is 5.34. The second-order valence-electron chi connectivity index (χ2n) is 7.02. The maximum atomic E-state index is 12.2. The first kappa shape index (κ1) is 16.5. The smallest absolute Gasteiger partial charge is 0.335 e. The van der Waals surface area contributed by atoms with Crippen LogP contribution < -0.4 is 15.8 Å². The quantitative estimate of drug-likeness (QED) is 0.695. The molecule has 24 heavy (non-hydrogen) atoms. The number of carboxylic acid groups (broad SMARTS) is 1. The zero-order chi connectivity index (χ0) is 17.7. The second-order valence-corrected chi connectivity index (χ2v) is 7.40. The minimum absolute atomic E-state index is 0.168. The molecular weight excluding hydrogens is 328 g/mol. The standard InChI is InChI=1S/C16H20N4O3S/c1-15(2)9-16(3)19(14(24)17-15)8-12(21)18-20(16)11-6-4-10(5-7-11)13(22)23/h4-7H,8-9H2,1-3H3,(H,17,24)(H,18,21)(H,22,23)/t16-/m0/s1. The van der Waals surface area contributed by atoms with Gasteiger partial charge in [-0.25, -0.2) is 4.79 Å². The monoisotopic (exact) mass is 348 g/mol. The van der Waals surface area contributed by atoms with Gasteiger partial charge in [-0.1, -0.05) is 0 Å². The number of hydrogen-bond donors (Lipinski definition) is 3. The number of nitrogens with zero attached hydrogens (tertiary/aromatic N) is 2. The van der Waals surface area contributed by atoms with Crippen LogP contribution in [0, 0.1) is 0 Å². The summed E-state index contributed by atoms with van der Waals surface area (Å²) >= 11 is 5.47. The van der Waals surface area contributed by atoms with E-state index in [0.29, 0.717) is 17.2 Å². The fraction of sp³-hybridized carbons (Fsp3) is 0.438. The summed E-state index contributed by atoms with van der Waals surface area (Å²) in [5, 5.41) is 14.6. The molecule has 0 aromatic heterocycles. The minimum Gasteiger partial charge on any atom is -0.478 e. The first-order valence-corrected chi connectivity index (χ1v) is 8.06. The molecule has 8 heteroatoms. The molecule has 1 aromatic rings. The molecule has 1 atom stereocenters. The van der Waals surface area contributed by atoms with E-state index >= 15 is 0 Å². The largest absolute Gasteiger partial charge is 0.478 e. The van der Waals surface area contributed by atoms with Crippen molar-refractivity contribution >= 4 is 34.9 Å². The number of hydrogen-bond acceptors (Lipinski definition) is 4. The van der Waals surface area contributed by atoms with Gasteiger partial charge in [0.05, 0.1) is 11.3 Å². The number of nitrogens with one attached hydrogen (secondary N) is 2. The molecule has 0 bridgehead atoms. The van der Waals surface area contributed by atoms with Crippen LogP contribution in [0.5, 0.6) is 0 Å². The summed E-state index contributed by atoms with van der Waals surface area (Å²) in [5.41, 5.74) is 3.02.